The number of nitrogens with zero attached hydrogens (tertiary/aromatic N) is 1. The number of carbonyl (C=O) groups is 1. The van der Waals surface area contributed by atoms with Crippen LogP contribution < -0.4 is 14.8 Å². The zero-order chi connectivity index (χ0) is 26.9. The number of hydrogen-bond acceptors (Lipinski definition) is 5. The van der Waals surface area contributed by atoms with Gasteiger partial charge in [-0.15, -0.1) is 0 Å². The van der Waals surface area contributed by atoms with E-state index in [0.717, 1.165) is 18.4 Å². The SMILES string of the molecule is CCCCCCCCCCCCCCCC(=O)N[C@H](CN(C)C(C)C)[C@@H](O)c1ccc2c(c1)OCCO2.[HH].[HH]. The van der Waals surface area contributed by atoms with E-state index in [4.69, 9.17) is 9.47 Å². The molecule has 6 heteroatoms. The monoisotopic (exact) mass is 522 g/mol. The van der Waals surface area contributed by atoms with Gasteiger partial charge in [-0.3, -0.25) is 4.79 Å². The Hall–Kier alpha value is -1.79. The summed E-state index contributed by atoms with van der Waals surface area (Å²) >= 11 is 0. The van der Waals surface area contributed by atoms with Crippen molar-refractivity contribution in [1.29, 1.82) is 0 Å². The molecule has 1 amide bonds. The lowest BCUT2D eigenvalue weighted by Gasteiger charge is -2.31. The van der Waals surface area contributed by atoms with Crippen LogP contribution in [0.3, 0.4) is 0 Å². The number of amides is 1. The van der Waals surface area contributed by atoms with Crippen molar-refractivity contribution in [3.05, 3.63) is 23.8 Å². The summed E-state index contributed by atoms with van der Waals surface area (Å²) in [7, 11) is 2.02. The molecule has 1 heterocycles. The average Bonchev–Trinajstić information content (AvgIpc) is 2.90. The number of rotatable bonds is 20. The summed E-state index contributed by atoms with van der Waals surface area (Å²) in [6.45, 7) is 8.10. The van der Waals surface area contributed by atoms with Crippen molar-refractivity contribution in [1.82, 2.24) is 10.2 Å². The van der Waals surface area contributed by atoms with Gasteiger partial charge in [-0.1, -0.05) is 90.0 Å². The third-order valence-corrected chi connectivity index (χ3v) is 7.51. The maximum atomic E-state index is 12.8. The highest BCUT2D eigenvalue weighted by Crippen LogP contribution is 2.33. The second-order valence-electron chi connectivity index (χ2n) is 11.0. The van der Waals surface area contributed by atoms with Gasteiger partial charge in [-0.2, -0.15) is 0 Å². The van der Waals surface area contributed by atoms with E-state index >= 15 is 0 Å². The normalized spacial score (nSPS) is 14.7. The quantitative estimate of drug-likeness (QED) is 0.176. The second kappa shape index (κ2) is 18.5. The number of aliphatic hydroxyl groups is 1. The fourth-order valence-electron chi connectivity index (χ4n) is 4.80. The van der Waals surface area contributed by atoms with E-state index in [2.05, 4.69) is 31.0 Å². The lowest BCUT2D eigenvalue weighted by atomic mass is 10.00. The molecule has 2 N–H and O–H groups in total. The Balaban J connectivity index is 0.00000722. The molecule has 37 heavy (non-hydrogen) atoms. The first-order chi connectivity index (χ1) is 17.9. The van der Waals surface area contributed by atoms with Crippen molar-refractivity contribution < 1.29 is 22.2 Å². The molecule has 1 aliphatic heterocycles. The molecule has 0 aromatic heterocycles. The van der Waals surface area contributed by atoms with Gasteiger partial charge in [-0.05, 0) is 45.0 Å². The van der Waals surface area contributed by atoms with Crippen LogP contribution in [0.2, 0.25) is 0 Å². The molecule has 0 saturated carbocycles. The second-order valence-corrected chi connectivity index (χ2v) is 11.0. The molecule has 0 fully saturated rings. The Morgan fingerprint density at radius 1 is 0.919 bits per heavy atom. The van der Waals surface area contributed by atoms with Crippen LogP contribution in [0.25, 0.3) is 0 Å². The standard InChI is InChI=1S/C31H54N2O4.2H2/c1-5-6-7-8-9-10-11-12-13-14-15-16-17-18-30(34)32-27(24-33(4)25(2)3)31(35)26-19-20-28-29(23-26)37-22-21-36-28;;/h19-20,23,25,27,31,35H,5-18,21-22,24H2,1-4H3,(H,32,34);2*1H/t27-,31+;;/m1../s1. The van der Waals surface area contributed by atoms with Crippen LogP contribution in [-0.2, 0) is 4.79 Å². The number of nitrogens with one attached hydrogen (secondary N) is 1. The lowest BCUT2D eigenvalue weighted by Crippen LogP contribution is -2.47. The van der Waals surface area contributed by atoms with E-state index in [0.29, 0.717) is 43.7 Å². The molecule has 0 spiro atoms. The fraction of sp³-hybridized carbons (Fsp3) is 0.774. The first-order valence-corrected chi connectivity index (χ1v) is 15.0. The van der Waals surface area contributed by atoms with Gasteiger partial charge in [0.1, 0.15) is 19.3 Å². The minimum Gasteiger partial charge on any atom is -0.486 e. The average molecular weight is 523 g/mol. The summed E-state index contributed by atoms with van der Waals surface area (Å²) in [6.07, 6.45) is 16.4. The van der Waals surface area contributed by atoms with Crippen LogP contribution >= 0.6 is 0 Å². The molecule has 6 nitrogen and oxygen atoms in total. The molecule has 0 saturated heterocycles. The van der Waals surface area contributed by atoms with Crippen LogP contribution in [0, 0.1) is 0 Å². The van der Waals surface area contributed by atoms with Crippen molar-refractivity contribution in [2.45, 2.75) is 129 Å². The summed E-state index contributed by atoms with van der Waals surface area (Å²) < 4.78 is 11.3. The van der Waals surface area contributed by atoms with E-state index in [1.54, 1.807) is 0 Å². The number of likely N-dealkylation sites (N-methyl/N-ethyl adjacent to an activating group) is 1. The van der Waals surface area contributed by atoms with Gasteiger partial charge < -0.3 is 24.8 Å². The molecule has 1 aliphatic rings. The number of aliphatic hydroxyl groups excluding tert-OH is 1. The van der Waals surface area contributed by atoms with Gasteiger partial charge >= 0.3 is 0 Å². The van der Waals surface area contributed by atoms with Gasteiger partial charge in [0.25, 0.3) is 0 Å². The van der Waals surface area contributed by atoms with Crippen LogP contribution in [0.1, 0.15) is 125 Å². The number of fused-ring (bicyclic) bond motifs is 1. The van der Waals surface area contributed by atoms with Crippen LogP contribution in [-0.4, -0.2) is 54.8 Å². The largest absolute Gasteiger partial charge is 0.486 e. The van der Waals surface area contributed by atoms with Crippen LogP contribution in [0.4, 0.5) is 0 Å². The third kappa shape index (κ3) is 12.5. The van der Waals surface area contributed by atoms with Crippen molar-refractivity contribution in [3.8, 4) is 11.5 Å². The van der Waals surface area contributed by atoms with E-state index in [1.165, 1.54) is 70.6 Å². The van der Waals surface area contributed by atoms with Gasteiger partial charge in [0.05, 0.1) is 6.04 Å². The smallest absolute Gasteiger partial charge is 0.220 e. The highest BCUT2D eigenvalue weighted by atomic mass is 16.6. The van der Waals surface area contributed by atoms with Crippen molar-refractivity contribution >= 4 is 5.91 Å². The Morgan fingerprint density at radius 3 is 2.03 bits per heavy atom. The zero-order valence-corrected chi connectivity index (χ0v) is 24.1. The number of unbranched alkanes of at least 4 members (excludes halogenated alkanes) is 12. The van der Waals surface area contributed by atoms with E-state index in [1.807, 2.05) is 25.2 Å². The van der Waals surface area contributed by atoms with Crippen LogP contribution in [0.15, 0.2) is 18.2 Å². The Kier molecular flexibility index (Phi) is 15.7. The highest BCUT2D eigenvalue weighted by Gasteiger charge is 2.26. The number of carbonyl (C=O) groups excluding carboxylic acids is 1. The summed E-state index contributed by atoms with van der Waals surface area (Å²) in [5, 5.41) is 14.3. The maximum Gasteiger partial charge on any atom is 0.220 e. The number of benzene rings is 1. The third-order valence-electron chi connectivity index (χ3n) is 7.51. The zero-order valence-electron chi connectivity index (χ0n) is 24.1. The maximum absolute atomic E-state index is 12.8. The van der Waals surface area contributed by atoms with Gasteiger partial charge in [0.2, 0.25) is 5.91 Å². The Bertz CT molecular complexity index is 766. The minimum absolute atomic E-state index is 0. The fourth-order valence-corrected chi connectivity index (χ4v) is 4.80. The topological polar surface area (TPSA) is 71.0 Å². The molecule has 1 aromatic rings. The summed E-state index contributed by atoms with van der Waals surface area (Å²) in [4.78, 5) is 14.9. The Labute approximate surface area is 229 Å². The Morgan fingerprint density at radius 2 is 1.46 bits per heavy atom. The van der Waals surface area contributed by atoms with Gasteiger partial charge in [0, 0.05) is 21.9 Å². The van der Waals surface area contributed by atoms with Gasteiger partial charge in [0.15, 0.2) is 11.5 Å². The van der Waals surface area contributed by atoms with E-state index < -0.39 is 12.1 Å². The van der Waals surface area contributed by atoms with E-state index in [-0.39, 0.29) is 8.76 Å². The molecule has 216 valence electrons. The predicted molar refractivity (Wildman–Crippen MR) is 157 cm³/mol. The lowest BCUT2D eigenvalue weighted by molar-refractivity contribution is -0.123. The first kappa shape index (κ1) is 31.4. The van der Waals surface area contributed by atoms with E-state index in [9.17, 15) is 9.90 Å². The molecule has 2 atom stereocenters. The molecular formula is C31H58N2O4. The van der Waals surface area contributed by atoms with Crippen molar-refractivity contribution in [2.75, 3.05) is 26.8 Å². The van der Waals surface area contributed by atoms with Gasteiger partial charge in [-0.25, -0.2) is 0 Å². The van der Waals surface area contributed by atoms with Crippen molar-refractivity contribution in [3.63, 3.8) is 0 Å². The number of hydrogen-bond donors (Lipinski definition) is 2. The van der Waals surface area contributed by atoms with Crippen molar-refractivity contribution in [2.24, 2.45) is 0 Å². The van der Waals surface area contributed by atoms with Crippen LogP contribution in [0.5, 0.6) is 11.5 Å². The molecule has 1 aromatic carbocycles. The summed E-state index contributed by atoms with van der Waals surface area (Å²) in [6, 6.07) is 5.45. The highest BCUT2D eigenvalue weighted by molar-refractivity contribution is 5.76. The molecule has 0 aliphatic carbocycles. The molecular weight excluding hydrogens is 464 g/mol. The summed E-state index contributed by atoms with van der Waals surface area (Å²) in [5.41, 5.74) is 0.729. The number of ether oxygens (including phenoxy) is 2. The first-order valence-electron chi connectivity index (χ1n) is 15.0. The molecule has 0 radical (unpaired) electrons. The molecule has 0 unspecified atom stereocenters. The summed E-state index contributed by atoms with van der Waals surface area (Å²) in [5.74, 6) is 1.36. The predicted octanol–water partition coefficient (Wildman–Crippen LogP) is 7.29. The molecule has 0 bridgehead atoms. The molecule has 2 rings (SSSR count). The minimum atomic E-state index is -0.826.